The lowest BCUT2D eigenvalue weighted by Gasteiger charge is -2.53. The van der Waals surface area contributed by atoms with E-state index in [-0.39, 0.29) is 0 Å². The Morgan fingerprint density at radius 3 is 2.24 bits per heavy atom. The molecular formula is C12H17N3S2. The highest BCUT2D eigenvalue weighted by Gasteiger charge is 2.48. The Hall–Kier alpha value is -0.290. The Balaban J connectivity index is 1.54. The van der Waals surface area contributed by atoms with Crippen molar-refractivity contribution in [1.82, 2.24) is 9.36 Å². The van der Waals surface area contributed by atoms with Crippen molar-refractivity contribution in [3.05, 3.63) is 0 Å². The lowest BCUT2D eigenvalue weighted by Crippen LogP contribution is -2.46. The van der Waals surface area contributed by atoms with Crippen LogP contribution in [0.5, 0.6) is 0 Å². The van der Waals surface area contributed by atoms with Crippen molar-refractivity contribution < 1.29 is 0 Å². The summed E-state index contributed by atoms with van der Waals surface area (Å²) in [6.45, 7) is 0. The van der Waals surface area contributed by atoms with Gasteiger partial charge in [0.15, 0.2) is 0 Å². The van der Waals surface area contributed by atoms with E-state index in [9.17, 15) is 0 Å². The first-order valence-corrected chi connectivity index (χ1v) is 8.19. The molecule has 1 heterocycles. The van der Waals surface area contributed by atoms with Crippen LogP contribution in [0.15, 0.2) is 5.16 Å². The summed E-state index contributed by atoms with van der Waals surface area (Å²) in [6.07, 6.45) is 7.37. The largest absolute Gasteiger partial charge is 0.374 e. The third-order valence-corrected chi connectivity index (χ3v) is 6.90. The molecule has 5 rings (SSSR count). The number of thioether (sulfide) groups is 1. The van der Waals surface area contributed by atoms with Crippen LogP contribution in [0.4, 0.5) is 5.13 Å². The summed E-state index contributed by atoms with van der Waals surface area (Å²) in [4.78, 5) is 4.31. The van der Waals surface area contributed by atoms with Gasteiger partial charge in [0.2, 0.25) is 10.3 Å². The third-order valence-electron chi connectivity index (χ3n) is 4.80. The van der Waals surface area contributed by atoms with Gasteiger partial charge in [-0.05, 0) is 55.8 Å². The van der Waals surface area contributed by atoms with Gasteiger partial charge in [0.05, 0.1) is 0 Å². The predicted molar refractivity (Wildman–Crippen MR) is 71.0 cm³/mol. The van der Waals surface area contributed by atoms with Crippen molar-refractivity contribution >= 4 is 28.4 Å². The summed E-state index contributed by atoms with van der Waals surface area (Å²) in [5.41, 5.74) is 5.66. The molecule has 0 unspecified atom stereocenters. The average molecular weight is 267 g/mol. The van der Waals surface area contributed by atoms with Gasteiger partial charge in [0, 0.05) is 16.8 Å². The number of nitrogens with two attached hydrogens (primary N) is 1. The summed E-state index contributed by atoms with van der Waals surface area (Å²) < 4.78 is 4.34. The molecule has 0 radical (unpaired) electrons. The van der Waals surface area contributed by atoms with E-state index in [1.807, 2.05) is 11.8 Å². The number of nitrogen functional groups attached to an aromatic ring is 1. The molecule has 0 aromatic carbocycles. The molecule has 0 amide bonds. The van der Waals surface area contributed by atoms with Crippen LogP contribution in [0.25, 0.3) is 0 Å². The number of hydrogen-bond donors (Lipinski definition) is 1. The molecule has 1 aromatic rings. The molecule has 0 spiro atoms. The van der Waals surface area contributed by atoms with Crippen LogP contribution in [0, 0.1) is 23.7 Å². The zero-order chi connectivity index (χ0) is 11.4. The molecular weight excluding hydrogens is 250 g/mol. The molecule has 0 atom stereocenters. The van der Waals surface area contributed by atoms with Crippen molar-refractivity contribution in [2.45, 2.75) is 42.5 Å². The van der Waals surface area contributed by atoms with Crippen LogP contribution in [-0.4, -0.2) is 14.6 Å². The summed E-state index contributed by atoms with van der Waals surface area (Å²) in [6, 6.07) is 0. The van der Waals surface area contributed by atoms with Crippen LogP contribution in [0.1, 0.15) is 32.1 Å². The van der Waals surface area contributed by atoms with Gasteiger partial charge >= 0.3 is 0 Å². The second-order valence-corrected chi connectivity index (χ2v) is 7.86. The van der Waals surface area contributed by atoms with Crippen molar-refractivity contribution in [2.24, 2.45) is 23.7 Å². The summed E-state index contributed by atoms with van der Waals surface area (Å²) in [7, 11) is 0. The van der Waals surface area contributed by atoms with E-state index < -0.39 is 0 Å². The van der Waals surface area contributed by atoms with Crippen molar-refractivity contribution in [3.8, 4) is 0 Å². The van der Waals surface area contributed by atoms with Gasteiger partial charge < -0.3 is 5.73 Å². The molecule has 17 heavy (non-hydrogen) atoms. The van der Waals surface area contributed by atoms with Crippen LogP contribution in [0.3, 0.4) is 0 Å². The van der Waals surface area contributed by atoms with Gasteiger partial charge in [0.1, 0.15) is 0 Å². The maximum absolute atomic E-state index is 5.66. The molecule has 1 aromatic heterocycles. The van der Waals surface area contributed by atoms with Gasteiger partial charge in [-0.15, -0.1) is 0 Å². The molecule has 4 aliphatic carbocycles. The van der Waals surface area contributed by atoms with Crippen LogP contribution < -0.4 is 5.73 Å². The van der Waals surface area contributed by atoms with Crippen molar-refractivity contribution in [2.75, 3.05) is 5.73 Å². The van der Waals surface area contributed by atoms with E-state index >= 15 is 0 Å². The standard InChI is InChI=1S/C12H17N3S2/c13-11-14-12(15-17-11)16-10-8-2-6-1-7(4-8)5-9(10)3-6/h6-10H,1-5H2,(H2,13,14,15). The fraction of sp³-hybridized carbons (Fsp3) is 0.833. The van der Waals surface area contributed by atoms with Gasteiger partial charge in [-0.1, -0.05) is 11.8 Å². The number of rotatable bonds is 2. The van der Waals surface area contributed by atoms with Crippen LogP contribution in [0.2, 0.25) is 0 Å². The Kier molecular flexibility index (Phi) is 2.40. The second kappa shape index (κ2) is 3.85. The van der Waals surface area contributed by atoms with Crippen molar-refractivity contribution in [3.63, 3.8) is 0 Å². The van der Waals surface area contributed by atoms with E-state index in [1.54, 1.807) is 0 Å². The van der Waals surface area contributed by atoms with E-state index in [0.29, 0.717) is 5.13 Å². The Bertz CT molecular complexity index is 403. The highest BCUT2D eigenvalue weighted by molar-refractivity contribution is 7.99. The van der Waals surface area contributed by atoms with Crippen LogP contribution >= 0.6 is 23.3 Å². The first-order valence-electron chi connectivity index (χ1n) is 6.54. The number of nitrogens with zero attached hydrogens (tertiary/aromatic N) is 2. The molecule has 3 nitrogen and oxygen atoms in total. The molecule has 0 aliphatic heterocycles. The molecule has 5 heteroatoms. The minimum atomic E-state index is 0.608. The average Bonchev–Trinajstić information content (AvgIpc) is 2.68. The zero-order valence-electron chi connectivity index (χ0n) is 9.71. The smallest absolute Gasteiger partial charge is 0.202 e. The monoisotopic (exact) mass is 267 g/mol. The summed E-state index contributed by atoms with van der Waals surface area (Å²) >= 11 is 3.23. The first-order chi connectivity index (χ1) is 8.28. The number of hydrogen-bond acceptors (Lipinski definition) is 5. The maximum atomic E-state index is 5.66. The van der Waals surface area contributed by atoms with E-state index in [4.69, 9.17) is 5.73 Å². The molecule has 4 aliphatic rings. The van der Waals surface area contributed by atoms with Gasteiger partial charge in [-0.3, -0.25) is 0 Å². The molecule has 4 fully saturated rings. The van der Waals surface area contributed by atoms with Gasteiger partial charge in [-0.2, -0.15) is 9.36 Å². The fourth-order valence-electron chi connectivity index (χ4n) is 4.46. The lowest BCUT2D eigenvalue weighted by atomic mass is 9.56. The quantitative estimate of drug-likeness (QED) is 0.895. The highest BCUT2D eigenvalue weighted by atomic mass is 32.2. The molecule has 92 valence electrons. The maximum Gasteiger partial charge on any atom is 0.202 e. The topological polar surface area (TPSA) is 51.8 Å². The van der Waals surface area contributed by atoms with E-state index in [2.05, 4.69) is 9.36 Å². The highest BCUT2D eigenvalue weighted by Crippen LogP contribution is 2.57. The first kappa shape index (κ1) is 10.6. The minimum absolute atomic E-state index is 0.608. The molecule has 2 N–H and O–H groups in total. The Morgan fingerprint density at radius 2 is 1.71 bits per heavy atom. The second-order valence-electron chi connectivity index (χ2n) is 5.93. The number of anilines is 1. The molecule has 0 saturated heterocycles. The predicted octanol–water partition coefficient (Wildman–Crippen LogP) is 3.04. The normalized spacial score (nSPS) is 43.2. The Morgan fingerprint density at radius 1 is 1.06 bits per heavy atom. The SMILES string of the molecule is Nc1nc(SC2C3CC4CC(C3)CC2C4)ns1. The zero-order valence-corrected chi connectivity index (χ0v) is 11.3. The molecule has 4 saturated carbocycles. The van der Waals surface area contributed by atoms with Gasteiger partial charge in [0.25, 0.3) is 0 Å². The van der Waals surface area contributed by atoms with E-state index in [1.165, 1.54) is 43.6 Å². The van der Waals surface area contributed by atoms with E-state index in [0.717, 1.165) is 34.1 Å². The summed E-state index contributed by atoms with van der Waals surface area (Å²) in [5.74, 6) is 3.95. The third kappa shape index (κ3) is 1.78. The Labute approximate surface area is 110 Å². The van der Waals surface area contributed by atoms with Gasteiger partial charge in [-0.25, -0.2) is 0 Å². The van der Waals surface area contributed by atoms with Crippen molar-refractivity contribution in [1.29, 1.82) is 0 Å². The lowest BCUT2D eigenvalue weighted by molar-refractivity contribution is 0.0266. The molecule has 4 bridgehead atoms. The summed E-state index contributed by atoms with van der Waals surface area (Å²) in [5, 5.41) is 2.30. The fourth-order valence-corrected chi connectivity index (χ4v) is 6.36. The number of aromatic nitrogens is 2. The minimum Gasteiger partial charge on any atom is -0.374 e. The van der Waals surface area contributed by atoms with Crippen LogP contribution in [-0.2, 0) is 0 Å².